The van der Waals surface area contributed by atoms with Gasteiger partial charge < -0.3 is 10.1 Å². The van der Waals surface area contributed by atoms with Gasteiger partial charge in [-0.15, -0.1) is 11.8 Å². The summed E-state index contributed by atoms with van der Waals surface area (Å²) in [5.41, 5.74) is 3.08. The van der Waals surface area contributed by atoms with E-state index < -0.39 is 6.10 Å². The van der Waals surface area contributed by atoms with E-state index in [0.717, 1.165) is 33.2 Å². The van der Waals surface area contributed by atoms with Gasteiger partial charge in [-0.1, -0.05) is 45.0 Å². The van der Waals surface area contributed by atoms with Gasteiger partial charge in [0.15, 0.2) is 6.10 Å². The predicted octanol–water partition coefficient (Wildman–Crippen LogP) is 5.64. The lowest BCUT2D eigenvalue weighted by molar-refractivity contribution is -0.122. The molecule has 25 heavy (non-hydrogen) atoms. The first kappa shape index (κ1) is 19.4. The van der Waals surface area contributed by atoms with Gasteiger partial charge in [0, 0.05) is 4.90 Å². The van der Waals surface area contributed by atoms with Gasteiger partial charge in [-0.05, 0) is 54.8 Å². The Kier molecular flexibility index (Phi) is 6.94. The molecule has 1 N–H and O–H groups in total. The van der Waals surface area contributed by atoms with Gasteiger partial charge in [0.05, 0.1) is 5.69 Å². The summed E-state index contributed by atoms with van der Waals surface area (Å²) in [6, 6.07) is 14.0. The molecule has 0 saturated carbocycles. The number of anilines is 1. The Morgan fingerprint density at radius 3 is 2.56 bits per heavy atom. The van der Waals surface area contributed by atoms with Gasteiger partial charge in [-0.2, -0.15) is 0 Å². The SMILES string of the molecule is CCSc1ccccc1NC(=O)[C@@H](C)Oc1cc(C)ccc1C(C)C. The van der Waals surface area contributed by atoms with E-state index in [1.54, 1.807) is 18.7 Å². The van der Waals surface area contributed by atoms with Crippen molar-refractivity contribution >= 4 is 23.4 Å². The number of rotatable bonds is 7. The van der Waals surface area contributed by atoms with Crippen molar-refractivity contribution in [2.45, 2.75) is 51.5 Å². The fraction of sp³-hybridized carbons (Fsp3) is 0.381. The molecule has 1 amide bonds. The number of carbonyl (C=O) groups excluding carboxylic acids is 1. The van der Waals surface area contributed by atoms with E-state index in [0.29, 0.717) is 5.92 Å². The molecule has 0 aliphatic rings. The van der Waals surface area contributed by atoms with Crippen LogP contribution in [0.1, 0.15) is 44.7 Å². The van der Waals surface area contributed by atoms with Crippen molar-refractivity contribution < 1.29 is 9.53 Å². The summed E-state index contributed by atoms with van der Waals surface area (Å²) < 4.78 is 6.00. The van der Waals surface area contributed by atoms with Crippen molar-refractivity contribution in [3.05, 3.63) is 53.6 Å². The minimum absolute atomic E-state index is 0.139. The molecule has 0 bridgehead atoms. The van der Waals surface area contributed by atoms with Crippen molar-refractivity contribution in [1.29, 1.82) is 0 Å². The number of carbonyl (C=O) groups is 1. The maximum absolute atomic E-state index is 12.6. The van der Waals surface area contributed by atoms with E-state index in [9.17, 15) is 4.79 Å². The van der Waals surface area contributed by atoms with Crippen LogP contribution in [-0.2, 0) is 4.79 Å². The average Bonchev–Trinajstić information content (AvgIpc) is 2.56. The van der Waals surface area contributed by atoms with Gasteiger partial charge >= 0.3 is 0 Å². The maximum Gasteiger partial charge on any atom is 0.265 e. The Labute approximate surface area is 155 Å². The summed E-state index contributed by atoms with van der Waals surface area (Å²) in [5.74, 6) is 1.95. The van der Waals surface area contributed by atoms with Gasteiger partial charge in [0.25, 0.3) is 5.91 Å². The van der Waals surface area contributed by atoms with E-state index in [-0.39, 0.29) is 5.91 Å². The lowest BCUT2D eigenvalue weighted by atomic mass is 10.0. The molecule has 0 fully saturated rings. The highest BCUT2D eigenvalue weighted by Gasteiger charge is 2.18. The molecule has 0 aliphatic carbocycles. The largest absolute Gasteiger partial charge is 0.481 e. The van der Waals surface area contributed by atoms with Crippen LogP contribution in [0, 0.1) is 6.92 Å². The number of thioether (sulfide) groups is 1. The third-order valence-corrected chi connectivity index (χ3v) is 4.86. The zero-order valence-electron chi connectivity index (χ0n) is 15.6. The lowest BCUT2D eigenvalue weighted by Crippen LogP contribution is -2.30. The Morgan fingerprint density at radius 1 is 1.16 bits per heavy atom. The monoisotopic (exact) mass is 357 g/mol. The molecule has 134 valence electrons. The standard InChI is InChI=1S/C21H27NO2S/c1-6-25-20-10-8-7-9-18(20)22-21(23)16(5)24-19-13-15(4)11-12-17(19)14(2)3/h7-14,16H,6H2,1-5H3,(H,22,23)/t16-/m1/s1. The van der Waals surface area contributed by atoms with Crippen molar-refractivity contribution in [1.82, 2.24) is 0 Å². The first-order valence-electron chi connectivity index (χ1n) is 8.72. The van der Waals surface area contributed by atoms with Crippen LogP contribution in [0.2, 0.25) is 0 Å². The number of hydrogen-bond acceptors (Lipinski definition) is 3. The summed E-state index contributed by atoms with van der Waals surface area (Å²) in [6.45, 7) is 10.2. The van der Waals surface area contributed by atoms with E-state index in [4.69, 9.17) is 4.74 Å². The summed E-state index contributed by atoms with van der Waals surface area (Å²) in [5, 5.41) is 2.99. The third kappa shape index (κ3) is 5.27. The first-order chi connectivity index (χ1) is 11.9. The molecule has 0 unspecified atom stereocenters. The Morgan fingerprint density at radius 2 is 1.88 bits per heavy atom. The lowest BCUT2D eigenvalue weighted by Gasteiger charge is -2.20. The van der Waals surface area contributed by atoms with Crippen LogP contribution in [-0.4, -0.2) is 17.8 Å². The Hall–Kier alpha value is -1.94. The second-order valence-electron chi connectivity index (χ2n) is 6.37. The molecule has 0 heterocycles. The highest BCUT2D eigenvalue weighted by Crippen LogP contribution is 2.29. The van der Waals surface area contributed by atoms with E-state index in [2.05, 4.69) is 38.2 Å². The quantitative estimate of drug-likeness (QED) is 0.652. The summed E-state index contributed by atoms with van der Waals surface area (Å²) in [6.07, 6.45) is -0.570. The second-order valence-corrected chi connectivity index (χ2v) is 7.68. The number of benzene rings is 2. The van der Waals surface area contributed by atoms with E-state index in [1.807, 2.05) is 37.3 Å². The normalized spacial score (nSPS) is 12.1. The number of para-hydroxylation sites is 1. The van der Waals surface area contributed by atoms with Crippen LogP contribution in [0.5, 0.6) is 5.75 Å². The molecule has 2 aromatic carbocycles. The summed E-state index contributed by atoms with van der Waals surface area (Å²) >= 11 is 1.71. The number of amides is 1. The number of hydrogen-bond donors (Lipinski definition) is 1. The van der Waals surface area contributed by atoms with Crippen LogP contribution in [0.3, 0.4) is 0 Å². The van der Waals surface area contributed by atoms with Crippen LogP contribution in [0.4, 0.5) is 5.69 Å². The Bertz CT molecular complexity index is 728. The molecular weight excluding hydrogens is 330 g/mol. The minimum atomic E-state index is -0.570. The summed E-state index contributed by atoms with van der Waals surface area (Å²) in [7, 11) is 0. The molecule has 3 nitrogen and oxygen atoms in total. The zero-order valence-corrected chi connectivity index (χ0v) is 16.4. The van der Waals surface area contributed by atoms with E-state index >= 15 is 0 Å². The second kappa shape index (κ2) is 8.95. The van der Waals surface area contributed by atoms with Gasteiger partial charge in [-0.25, -0.2) is 0 Å². The molecule has 1 atom stereocenters. The van der Waals surface area contributed by atoms with Gasteiger partial charge in [0.1, 0.15) is 5.75 Å². The van der Waals surface area contributed by atoms with Crippen molar-refractivity contribution in [3.8, 4) is 5.75 Å². The van der Waals surface area contributed by atoms with Crippen LogP contribution < -0.4 is 10.1 Å². The van der Waals surface area contributed by atoms with Crippen molar-refractivity contribution in [2.75, 3.05) is 11.1 Å². The molecule has 0 aromatic heterocycles. The number of aryl methyl sites for hydroxylation is 1. The fourth-order valence-electron chi connectivity index (χ4n) is 2.55. The fourth-order valence-corrected chi connectivity index (χ4v) is 3.31. The molecular formula is C21H27NO2S. The van der Waals surface area contributed by atoms with Gasteiger partial charge in [0.2, 0.25) is 0 Å². The van der Waals surface area contributed by atoms with E-state index in [1.165, 1.54) is 0 Å². The minimum Gasteiger partial charge on any atom is -0.481 e. The molecule has 0 spiro atoms. The van der Waals surface area contributed by atoms with Crippen LogP contribution >= 0.6 is 11.8 Å². The average molecular weight is 358 g/mol. The highest BCUT2D eigenvalue weighted by atomic mass is 32.2. The molecule has 0 radical (unpaired) electrons. The molecule has 4 heteroatoms. The van der Waals surface area contributed by atoms with Crippen molar-refractivity contribution in [3.63, 3.8) is 0 Å². The molecule has 0 aliphatic heterocycles. The first-order valence-corrected chi connectivity index (χ1v) is 9.70. The predicted molar refractivity (Wildman–Crippen MR) is 107 cm³/mol. The smallest absolute Gasteiger partial charge is 0.265 e. The Balaban J connectivity index is 2.13. The van der Waals surface area contributed by atoms with Crippen molar-refractivity contribution in [2.24, 2.45) is 0 Å². The van der Waals surface area contributed by atoms with Crippen LogP contribution in [0.15, 0.2) is 47.4 Å². The molecule has 2 rings (SSSR count). The number of ether oxygens (including phenoxy) is 1. The zero-order chi connectivity index (χ0) is 18.4. The maximum atomic E-state index is 12.6. The number of nitrogens with one attached hydrogen (secondary N) is 1. The molecule has 2 aromatic rings. The topological polar surface area (TPSA) is 38.3 Å². The van der Waals surface area contributed by atoms with Crippen LogP contribution in [0.25, 0.3) is 0 Å². The van der Waals surface area contributed by atoms with Gasteiger partial charge in [-0.3, -0.25) is 4.79 Å². The highest BCUT2D eigenvalue weighted by molar-refractivity contribution is 7.99. The third-order valence-electron chi connectivity index (χ3n) is 3.91. The summed E-state index contributed by atoms with van der Waals surface area (Å²) in [4.78, 5) is 13.7. The molecule has 0 saturated heterocycles.